The maximum atomic E-state index is 13.6. The number of halogens is 1. The van der Waals surface area contributed by atoms with Crippen LogP contribution < -0.4 is 10.1 Å². The summed E-state index contributed by atoms with van der Waals surface area (Å²) in [5.74, 6) is -0.640. The molecule has 1 heterocycles. The lowest BCUT2D eigenvalue weighted by molar-refractivity contribution is 0.283. The first kappa shape index (κ1) is 14.2. The SMILES string of the molecule is COc1ccc(S(=O)(=O)N2CCNC[C@@H]2C)cc1F. The van der Waals surface area contributed by atoms with E-state index in [1.165, 1.54) is 23.5 Å². The predicted molar refractivity (Wildman–Crippen MR) is 69.2 cm³/mol. The van der Waals surface area contributed by atoms with Gasteiger partial charge in [0.05, 0.1) is 12.0 Å². The molecule has 2 rings (SSSR count). The van der Waals surface area contributed by atoms with Gasteiger partial charge in [0.25, 0.3) is 0 Å². The van der Waals surface area contributed by atoms with Gasteiger partial charge in [0.1, 0.15) is 0 Å². The van der Waals surface area contributed by atoms with Gasteiger partial charge in [-0.1, -0.05) is 0 Å². The highest BCUT2D eigenvalue weighted by Crippen LogP contribution is 2.24. The van der Waals surface area contributed by atoms with Crippen LogP contribution in [0.15, 0.2) is 23.1 Å². The molecule has 1 aromatic carbocycles. The summed E-state index contributed by atoms with van der Waals surface area (Å²) >= 11 is 0. The Labute approximate surface area is 112 Å². The van der Waals surface area contributed by atoms with Gasteiger partial charge >= 0.3 is 0 Å². The summed E-state index contributed by atoms with van der Waals surface area (Å²) in [7, 11) is -2.32. The van der Waals surface area contributed by atoms with Crippen molar-refractivity contribution in [3.8, 4) is 5.75 Å². The van der Waals surface area contributed by atoms with E-state index in [0.717, 1.165) is 6.07 Å². The van der Waals surface area contributed by atoms with Gasteiger partial charge in [0.2, 0.25) is 10.0 Å². The summed E-state index contributed by atoms with van der Waals surface area (Å²) in [4.78, 5) is -0.0421. The molecule has 1 fully saturated rings. The summed E-state index contributed by atoms with van der Waals surface area (Å²) in [6, 6.07) is 3.55. The number of hydrogen-bond acceptors (Lipinski definition) is 4. The third-order valence-corrected chi connectivity index (χ3v) is 5.18. The third kappa shape index (κ3) is 2.72. The molecule has 1 aliphatic heterocycles. The first-order valence-corrected chi connectivity index (χ1v) is 7.47. The largest absolute Gasteiger partial charge is 0.494 e. The highest BCUT2D eigenvalue weighted by atomic mass is 32.2. The van der Waals surface area contributed by atoms with Gasteiger partial charge in [-0.3, -0.25) is 0 Å². The van der Waals surface area contributed by atoms with Gasteiger partial charge in [-0.05, 0) is 25.1 Å². The molecule has 7 heteroatoms. The van der Waals surface area contributed by atoms with E-state index in [2.05, 4.69) is 5.32 Å². The Morgan fingerprint density at radius 2 is 2.21 bits per heavy atom. The van der Waals surface area contributed by atoms with Crippen molar-refractivity contribution in [3.05, 3.63) is 24.0 Å². The molecule has 106 valence electrons. The van der Waals surface area contributed by atoms with E-state index in [1.54, 1.807) is 0 Å². The highest BCUT2D eigenvalue weighted by Gasteiger charge is 2.31. The predicted octanol–water partition coefficient (Wildman–Crippen LogP) is 0.817. The summed E-state index contributed by atoms with van der Waals surface area (Å²) < 4.78 is 44.7. The Bertz CT molecular complexity index is 562. The number of nitrogens with one attached hydrogen (secondary N) is 1. The van der Waals surface area contributed by atoms with Crippen molar-refractivity contribution in [2.45, 2.75) is 17.9 Å². The number of methoxy groups -OCH3 is 1. The van der Waals surface area contributed by atoms with E-state index in [9.17, 15) is 12.8 Å². The van der Waals surface area contributed by atoms with E-state index >= 15 is 0 Å². The summed E-state index contributed by atoms with van der Waals surface area (Å²) in [6.07, 6.45) is 0. The first-order chi connectivity index (χ1) is 8.96. The molecular formula is C12H17FN2O3S. The Balaban J connectivity index is 2.36. The Hall–Kier alpha value is -1.18. The average Bonchev–Trinajstić information content (AvgIpc) is 2.39. The van der Waals surface area contributed by atoms with E-state index in [1.807, 2.05) is 6.92 Å². The van der Waals surface area contributed by atoms with Crippen molar-refractivity contribution < 1.29 is 17.5 Å². The van der Waals surface area contributed by atoms with Crippen LogP contribution in [0.5, 0.6) is 5.75 Å². The molecule has 0 bridgehead atoms. The molecule has 0 saturated carbocycles. The fourth-order valence-corrected chi connectivity index (χ4v) is 3.77. The van der Waals surface area contributed by atoms with Crippen LogP contribution in [-0.4, -0.2) is 45.5 Å². The number of piperazine rings is 1. The monoisotopic (exact) mass is 288 g/mol. The zero-order chi connectivity index (χ0) is 14.0. The molecule has 19 heavy (non-hydrogen) atoms. The van der Waals surface area contributed by atoms with E-state index < -0.39 is 15.8 Å². The van der Waals surface area contributed by atoms with Gasteiger partial charge in [0, 0.05) is 25.7 Å². The Morgan fingerprint density at radius 1 is 1.47 bits per heavy atom. The minimum Gasteiger partial charge on any atom is -0.494 e. The van der Waals surface area contributed by atoms with Gasteiger partial charge in [0.15, 0.2) is 11.6 Å². The molecule has 0 radical (unpaired) electrons. The van der Waals surface area contributed by atoms with E-state index in [0.29, 0.717) is 19.6 Å². The molecule has 1 saturated heterocycles. The van der Waals surface area contributed by atoms with Gasteiger partial charge in [-0.2, -0.15) is 4.31 Å². The van der Waals surface area contributed by atoms with Gasteiger partial charge in [-0.25, -0.2) is 12.8 Å². The van der Waals surface area contributed by atoms with E-state index in [-0.39, 0.29) is 16.7 Å². The Kier molecular flexibility index (Phi) is 4.07. The lowest BCUT2D eigenvalue weighted by Gasteiger charge is -2.32. The molecule has 1 aliphatic rings. The molecule has 0 amide bonds. The number of nitrogens with zero attached hydrogens (tertiary/aromatic N) is 1. The zero-order valence-corrected chi connectivity index (χ0v) is 11.7. The van der Waals surface area contributed by atoms with Crippen molar-refractivity contribution in [1.29, 1.82) is 0 Å². The van der Waals surface area contributed by atoms with Crippen LogP contribution >= 0.6 is 0 Å². The zero-order valence-electron chi connectivity index (χ0n) is 10.9. The molecule has 1 aromatic rings. The average molecular weight is 288 g/mol. The molecule has 0 spiro atoms. The molecule has 0 aliphatic carbocycles. The molecule has 0 aromatic heterocycles. The summed E-state index contributed by atoms with van der Waals surface area (Å²) in [6.45, 7) is 3.40. The lowest BCUT2D eigenvalue weighted by atomic mass is 10.3. The normalized spacial score (nSPS) is 21.3. The molecular weight excluding hydrogens is 271 g/mol. The molecule has 1 atom stereocenters. The topological polar surface area (TPSA) is 58.6 Å². The second-order valence-corrected chi connectivity index (χ2v) is 6.36. The third-order valence-electron chi connectivity index (χ3n) is 3.17. The van der Waals surface area contributed by atoms with Gasteiger partial charge in [-0.15, -0.1) is 0 Å². The lowest BCUT2D eigenvalue weighted by Crippen LogP contribution is -2.52. The van der Waals surface area contributed by atoms with Crippen molar-refractivity contribution in [2.24, 2.45) is 0 Å². The van der Waals surface area contributed by atoms with Crippen molar-refractivity contribution in [2.75, 3.05) is 26.7 Å². The number of hydrogen-bond donors (Lipinski definition) is 1. The minimum atomic E-state index is -3.66. The van der Waals surface area contributed by atoms with Crippen LogP contribution in [-0.2, 0) is 10.0 Å². The number of benzene rings is 1. The smallest absolute Gasteiger partial charge is 0.243 e. The number of rotatable bonds is 3. The first-order valence-electron chi connectivity index (χ1n) is 6.03. The second kappa shape index (κ2) is 5.44. The summed E-state index contributed by atoms with van der Waals surface area (Å²) in [5.41, 5.74) is 0. The van der Waals surface area contributed by atoms with E-state index in [4.69, 9.17) is 4.74 Å². The van der Waals surface area contributed by atoms with Crippen LogP contribution in [0.4, 0.5) is 4.39 Å². The fourth-order valence-electron chi connectivity index (χ4n) is 2.12. The van der Waals surface area contributed by atoms with Crippen LogP contribution in [0.25, 0.3) is 0 Å². The van der Waals surface area contributed by atoms with Crippen molar-refractivity contribution in [3.63, 3.8) is 0 Å². The van der Waals surface area contributed by atoms with Crippen LogP contribution in [0.2, 0.25) is 0 Å². The standard InChI is InChI=1S/C12H17FN2O3S/c1-9-8-14-5-6-15(9)19(16,17)10-3-4-12(18-2)11(13)7-10/h3-4,7,9,14H,5-6,8H2,1-2H3/t9-/m0/s1. The minimum absolute atomic E-state index is 0.0345. The number of sulfonamides is 1. The highest BCUT2D eigenvalue weighted by molar-refractivity contribution is 7.89. The van der Waals surface area contributed by atoms with Gasteiger partial charge < -0.3 is 10.1 Å². The number of ether oxygens (including phenoxy) is 1. The van der Waals surface area contributed by atoms with Crippen LogP contribution in [0.1, 0.15) is 6.92 Å². The Morgan fingerprint density at radius 3 is 2.79 bits per heavy atom. The fraction of sp³-hybridized carbons (Fsp3) is 0.500. The molecule has 0 unspecified atom stereocenters. The van der Waals surface area contributed by atoms with Crippen LogP contribution in [0.3, 0.4) is 0 Å². The maximum Gasteiger partial charge on any atom is 0.243 e. The quantitative estimate of drug-likeness (QED) is 0.894. The van der Waals surface area contributed by atoms with Crippen molar-refractivity contribution >= 4 is 10.0 Å². The van der Waals surface area contributed by atoms with Crippen LogP contribution in [0, 0.1) is 5.82 Å². The summed E-state index contributed by atoms with van der Waals surface area (Å²) in [5, 5.41) is 3.12. The maximum absolute atomic E-state index is 13.6. The van der Waals surface area contributed by atoms with Crippen molar-refractivity contribution in [1.82, 2.24) is 9.62 Å². The molecule has 5 nitrogen and oxygen atoms in total. The molecule has 1 N–H and O–H groups in total. The second-order valence-electron chi connectivity index (χ2n) is 4.47.